The zero-order valence-corrected chi connectivity index (χ0v) is 15.2. The molecular formula is C19H26N6O. The molecular weight excluding hydrogens is 328 g/mol. The molecule has 3 heterocycles. The van der Waals surface area contributed by atoms with Gasteiger partial charge in [0.2, 0.25) is 0 Å². The molecule has 0 spiro atoms. The maximum Gasteiger partial charge on any atom is 0.276 e. The van der Waals surface area contributed by atoms with Gasteiger partial charge in [-0.2, -0.15) is 5.10 Å². The third-order valence-corrected chi connectivity index (χ3v) is 5.21. The topological polar surface area (TPSA) is 76.3 Å². The SMILES string of the molecule is CN1CCN(Cc2cccc(NC(=O)c3n[nH]c4c3CNCC4)c2)CC1. The molecule has 2 aliphatic rings. The summed E-state index contributed by atoms with van der Waals surface area (Å²) in [6.07, 6.45) is 0.885. The maximum atomic E-state index is 12.6. The van der Waals surface area contributed by atoms with Crippen LogP contribution < -0.4 is 10.6 Å². The van der Waals surface area contributed by atoms with E-state index in [-0.39, 0.29) is 5.91 Å². The van der Waals surface area contributed by atoms with Crippen molar-refractivity contribution in [2.75, 3.05) is 45.1 Å². The highest BCUT2D eigenvalue weighted by molar-refractivity contribution is 6.04. The Bertz CT molecular complexity index is 778. The van der Waals surface area contributed by atoms with E-state index in [9.17, 15) is 4.79 Å². The fourth-order valence-corrected chi connectivity index (χ4v) is 3.61. The van der Waals surface area contributed by atoms with Gasteiger partial charge >= 0.3 is 0 Å². The first-order valence-electron chi connectivity index (χ1n) is 9.27. The predicted molar refractivity (Wildman–Crippen MR) is 101 cm³/mol. The van der Waals surface area contributed by atoms with Crippen molar-refractivity contribution in [3.63, 3.8) is 0 Å². The molecule has 3 N–H and O–H groups in total. The minimum absolute atomic E-state index is 0.150. The molecule has 7 nitrogen and oxygen atoms in total. The van der Waals surface area contributed by atoms with E-state index in [1.165, 1.54) is 5.56 Å². The number of nitrogens with zero attached hydrogens (tertiary/aromatic N) is 3. The largest absolute Gasteiger partial charge is 0.321 e. The van der Waals surface area contributed by atoms with Crippen LogP contribution in [0.5, 0.6) is 0 Å². The molecule has 1 amide bonds. The van der Waals surface area contributed by atoms with Crippen LogP contribution in [-0.2, 0) is 19.5 Å². The van der Waals surface area contributed by atoms with Crippen molar-refractivity contribution in [1.82, 2.24) is 25.3 Å². The minimum Gasteiger partial charge on any atom is -0.321 e. The number of H-pyrrole nitrogens is 1. The molecule has 0 saturated carbocycles. The van der Waals surface area contributed by atoms with Gasteiger partial charge in [-0.3, -0.25) is 14.8 Å². The summed E-state index contributed by atoms with van der Waals surface area (Å²) in [7, 11) is 2.16. The van der Waals surface area contributed by atoms with Gasteiger partial charge < -0.3 is 15.5 Å². The second-order valence-electron chi connectivity index (χ2n) is 7.19. The first-order valence-corrected chi connectivity index (χ1v) is 9.27. The molecule has 0 radical (unpaired) electrons. The Labute approximate surface area is 153 Å². The lowest BCUT2D eigenvalue weighted by Crippen LogP contribution is -2.43. The van der Waals surface area contributed by atoms with Crippen molar-refractivity contribution >= 4 is 11.6 Å². The summed E-state index contributed by atoms with van der Waals surface area (Å²) in [6.45, 7) is 6.91. The van der Waals surface area contributed by atoms with Gasteiger partial charge in [-0.05, 0) is 24.7 Å². The normalized spacial score (nSPS) is 18.5. The van der Waals surface area contributed by atoms with Crippen molar-refractivity contribution in [3.8, 4) is 0 Å². The summed E-state index contributed by atoms with van der Waals surface area (Å²) in [6, 6.07) is 8.12. The van der Waals surface area contributed by atoms with Crippen LogP contribution in [0.25, 0.3) is 0 Å². The number of aromatic amines is 1. The predicted octanol–water partition coefficient (Wildman–Crippen LogP) is 1.06. The molecule has 0 atom stereocenters. The highest BCUT2D eigenvalue weighted by Gasteiger charge is 2.21. The van der Waals surface area contributed by atoms with Crippen molar-refractivity contribution < 1.29 is 4.79 Å². The molecule has 0 bridgehead atoms. The molecule has 2 aliphatic heterocycles. The zero-order chi connectivity index (χ0) is 17.9. The van der Waals surface area contributed by atoms with E-state index in [0.29, 0.717) is 12.2 Å². The summed E-state index contributed by atoms with van der Waals surface area (Å²) in [5.74, 6) is -0.150. The minimum atomic E-state index is -0.150. The van der Waals surface area contributed by atoms with Gasteiger partial charge in [0.05, 0.1) is 0 Å². The second-order valence-corrected chi connectivity index (χ2v) is 7.19. The Morgan fingerprint density at radius 2 is 2.12 bits per heavy atom. The molecule has 138 valence electrons. The molecule has 26 heavy (non-hydrogen) atoms. The Kier molecular flexibility index (Phi) is 5.01. The Morgan fingerprint density at radius 3 is 2.96 bits per heavy atom. The van der Waals surface area contributed by atoms with Gasteiger partial charge in [0.25, 0.3) is 5.91 Å². The number of anilines is 1. The van der Waals surface area contributed by atoms with Crippen LogP contribution in [0.15, 0.2) is 24.3 Å². The standard InChI is InChI=1S/C19H26N6O/c1-24-7-9-25(10-8-24)13-14-3-2-4-15(11-14)21-19(26)18-16-12-20-6-5-17(16)22-23-18/h2-4,11,20H,5-10,12-13H2,1H3,(H,21,26)(H,22,23). The van der Waals surface area contributed by atoms with Gasteiger partial charge in [-0.1, -0.05) is 12.1 Å². The Balaban J connectivity index is 1.42. The molecule has 1 aromatic carbocycles. The number of nitrogens with one attached hydrogen (secondary N) is 3. The first kappa shape index (κ1) is 17.2. The smallest absolute Gasteiger partial charge is 0.276 e. The van der Waals surface area contributed by atoms with Crippen molar-refractivity contribution in [1.29, 1.82) is 0 Å². The first-order chi connectivity index (χ1) is 12.7. The fraction of sp³-hybridized carbons (Fsp3) is 0.474. The van der Waals surface area contributed by atoms with Crippen molar-refractivity contribution in [2.45, 2.75) is 19.5 Å². The lowest BCUT2D eigenvalue weighted by atomic mass is 10.1. The average Bonchev–Trinajstić information content (AvgIpc) is 3.08. The number of rotatable bonds is 4. The van der Waals surface area contributed by atoms with E-state index in [4.69, 9.17) is 0 Å². The van der Waals surface area contributed by atoms with Crippen LogP contribution in [-0.4, -0.2) is 65.7 Å². The molecule has 1 fully saturated rings. The number of likely N-dealkylation sites (N-methyl/N-ethyl adjacent to an activating group) is 1. The lowest BCUT2D eigenvalue weighted by molar-refractivity contribution is 0.102. The number of hydrogen-bond donors (Lipinski definition) is 3. The molecule has 4 rings (SSSR count). The van der Waals surface area contributed by atoms with E-state index >= 15 is 0 Å². The number of hydrogen-bond acceptors (Lipinski definition) is 5. The number of carbonyl (C=O) groups excluding carboxylic acids is 1. The third-order valence-electron chi connectivity index (χ3n) is 5.21. The van der Waals surface area contributed by atoms with E-state index in [1.807, 2.05) is 12.1 Å². The highest BCUT2D eigenvalue weighted by Crippen LogP contribution is 2.18. The van der Waals surface area contributed by atoms with Gasteiger partial charge in [0.15, 0.2) is 5.69 Å². The number of carbonyl (C=O) groups is 1. The van der Waals surface area contributed by atoms with Crippen LogP contribution in [0.2, 0.25) is 0 Å². The quantitative estimate of drug-likeness (QED) is 0.765. The number of aromatic nitrogens is 2. The number of piperazine rings is 1. The van der Waals surface area contributed by atoms with Crippen LogP contribution in [0.4, 0.5) is 5.69 Å². The van der Waals surface area contributed by atoms with E-state index in [0.717, 1.165) is 62.6 Å². The fourth-order valence-electron chi connectivity index (χ4n) is 3.61. The monoisotopic (exact) mass is 354 g/mol. The molecule has 0 aliphatic carbocycles. The molecule has 1 aromatic heterocycles. The molecule has 2 aromatic rings. The van der Waals surface area contributed by atoms with Crippen LogP contribution in [0.1, 0.15) is 27.3 Å². The van der Waals surface area contributed by atoms with Crippen LogP contribution in [0.3, 0.4) is 0 Å². The number of benzene rings is 1. The van der Waals surface area contributed by atoms with Crippen LogP contribution in [0, 0.1) is 0 Å². The van der Waals surface area contributed by atoms with Gasteiger partial charge in [-0.25, -0.2) is 0 Å². The summed E-state index contributed by atoms with van der Waals surface area (Å²) in [5, 5.41) is 13.5. The van der Waals surface area contributed by atoms with Crippen molar-refractivity contribution in [3.05, 3.63) is 46.8 Å². The Morgan fingerprint density at radius 1 is 1.27 bits per heavy atom. The van der Waals surface area contributed by atoms with E-state index in [2.05, 4.69) is 49.8 Å². The Hall–Kier alpha value is -2.22. The van der Waals surface area contributed by atoms with Gasteiger partial charge in [0, 0.05) is 69.2 Å². The van der Waals surface area contributed by atoms with Gasteiger partial charge in [0.1, 0.15) is 0 Å². The summed E-state index contributed by atoms with van der Waals surface area (Å²) in [4.78, 5) is 17.5. The second kappa shape index (κ2) is 7.57. The molecule has 0 unspecified atom stereocenters. The van der Waals surface area contributed by atoms with E-state index in [1.54, 1.807) is 0 Å². The van der Waals surface area contributed by atoms with E-state index < -0.39 is 0 Å². The average molecular weight is 354 g/mol. The zero-order valence-electron chi connectivity index (χ0n) is 15.2. The summed E-state index contributed by atoms with van der Waals surface area (Å²) >= 11 is 0. The number of fused-ring (bicyclic) bond motifs is 1. The summed E-state index contributed by atoms with van der Waals surface area (Å²) < 4.78 is 0. The molecule has 1 saturated heterocycles. The summed E-state index contributed by atoms with van der Waals surface area (Å²) in [5.41, 5.74) is 4.59. The van der Waals surface area contributed by atoms with Crippen molar-refractivity contribution in [2.24, 2.45) is 0 Å². The lowest BCUT2D eigenvalue weighted by Gasteiger charge is -2.32. The number of amides is 1. The maximum absolute atomic E-state index is 12.6. The van der Waals surface area contributed by atoms with Gasteiger partial charge in [-0.15, -0.1) is 0 Å². The third kappa shape index (κ3) is 3.80. The van der Waals surface area contributed by atoms with Crippen LogP contribution >= 0.6 is 0 Å². The molecule has 7 heteroatoms. The highest BCUT2D eigenvalue weighted by atomic mass is 16.1.